The molecule has 0 spiro atoms. The molecule has 0 heterocycles. The maximum atomic E-state index is 11.8. The Bertz CT molecular complexity index is 1020. The number of carbonyl (C=O) groups excluding carboxylic acids is 4. The number of carboxylic acids is 2. The zero-order valence-corrected chi connectivity index (χ0v) is 52.0. The molecule has 0 aromatic carbocycles. The van der Waals surface area contributed by atoms with E-state index >= 15 is 0 Å². The summed E-state index contributed by atoms with van der Waals surface area (Å²) in [6, 6.07) is 0. The van der Waals surface area contributed by atoms with Crippen molar-refractivity contribution in [1.29, 1.82) is 0 Å². The van der Waals surface area contributed by atoms with Gasteiger partial charge in [0, 0.05) is 24.8 Å². The van der Waals surface area contributed by atoms with Crippen LogP contribution in [0.3, 0.4) is 0 Å². The van der Waals surface area contributed by atoms with Crippen molar-refractivity contribution in [3.05, 3.63) is 0 Å². The van der Waals surface area contributed by atoms with Gasteiger partial charge in [0.1, 0.15) is 0 Å². The van der Waals surface area contributed by atoms with Crippen molar-refractivity contribution in [3.63, 3.8) is 0 Å². The minimum atomic E-state index is -0.916. The summed E-state index contributed by atoms with van der Waals surface area (Å²) in [6.45, 7) is 5.74. The molecule has 428 valence electrons. The second kappa shape index (κ2) is 68.5. The van der Waals surface area contributed by atoms with Crippen LogP contribution in [-0.2, 0) is 48.1 Å². The monoisotopic (exact) mass is 1080 g/mol. The van der Waals surface area contributed by atoms with Gasteiger partial charge in [-0.15, -0.1) is 0 Å². The number of carboxylic acid groups (broad SMARTS) is 2. The molecule has 0 rings (SSSR count). The van der Waals surface area contributed by atoms with E-state index in [9.17, 15) is 29.4 Å². The first-order valence-corrected chi connectivity index (χ1v) is 32.0. The van der Waals surface area contributed by atoms with E-state index in [1.54, 1.807) is 0 Å². The van der Waals surface area contributed by atoms with Crippen LogP contribution in [0.15, 0.2) is 0 Å². The molecule has 0 bridgehead atoms. The standard InChI is InChI=1S/2C32H62O4.Zn/c2*1-2-3-4-5-6-7-13-17-20-23-26-29-32(35)36-30-27-24-21-18-15-12-10-8-9-11-14-16-19-22-25-28-31(33)34;/h2*2-30H2,1H3,(H,33,34);/q;;+2/p-2. The molecule has 0 aromatic rings. The molecule has 0 saturated heterocycles. The first kappa shape index (κ1) is 75.7. The topological polar surface area (TPSA) is 133 Å². The number of aliphatic carboxylic acids is 2. The molecular formula is C64H122O8Zn. The summed E-state index contributed by atoms with van der Waals surface area (Å²) < 4.78 is 10.8. The molecule has 8 nitrogen and oxygen atoms in total. The van der Waals surface area contributed by atoms with Crippen molar-refractivity contribution < 1.29 is 58.3 Å². The largest absolute Gasteiger partial charge is 2.00 e. The van der Waals surface area contributed by atoms with Crippen LogP contribution in [0.2, 0.25) is 0 Å². The average Bonchev–Trinajstić information content (AvgIpc) is 3.36. The molecule has 0 unspecified atom stereocenters. The summed E-state index contributed by atoms with van der Waals surface area (Å²) in [5, 5.41) is 20.7. The van der Waals surface area contributed by atoms with E-state index in [0.717, 1.165) is 64.2 Å². The van der Waals surface area contributed by atoms with Crippen molar-refractivity contribution in [3.8, 4) is 0 Å². The Morgan fingerprint density at radius 1 is 0.233 bits per heavy atom. The van der Waals surface area contributed by atoms with Gasteiger partial charge in [0.15, 0.2) is 0 Å². The molecule has 9 heteroatoms. The van der Waals surface area contributed by atoms with Crippen LogP contribution in [0, 0.1) is 0 Å². The van der Waals surface area contributed by atoms with Crippen LogP contribution in [-0.4, -0.2) is 37.1 Å². The van der Waals surface area contributed by atoms with E-state index in [2.05, 4.69) is 13.8 Å². The zero-order chi connectivity index (χ0) is 52.7. The van der Waals surface area contributed by atoms with Crippen LogP contribution in [0.5, 0.6) is 0 Å². The predicted molar refractivity (Wildman–Crippen MR) is 302 cm³/mol. The van der Waals surface area contributed by atoms with Gasteiger partial charge in [-0.3, -0.25) is 9.59 Å². The number of hydrogen-bond donors (Lipinski definition) is 0. The average molecular weight is 1090 g/mol. The molecule has 0 aliphatic rings. The van der Waals surface area contributed by atoms with Gasteiger partial charge in [0.05, 0.1) is 13.2 Å². The first-order chi connectivity index (χ1) is 35.3. The van der Waals surface area contributed by atoms with E-state index in [4.69, 9.17) is 9.47 Å². The number of carbonyl (C=O) groups is 4. The van der Waals surface area contributed by atoms with Gasteiger partial charge < -0.3 is 29.3 Å². The van der Waals surface area contributed by atoms with Crippen LogP contribution < -0.4 is 10.2 Å². The van der Waals surface area contributed by atoms with Crippen LogP contribution in [0.25, 0.3) is 0 Å². The first-order valence-electron chi connectivity index (χ1n) is 32.0. The van der Waals surface area contributed by atoms with Crippen molar-refractivity contribution in [2.75, 3.05) is 13.2 Å². The summed E-state index contributed by atoms with van der Waals surface area (Å²) >= 11 is 0. The van der Waals surface area contributed by atoms with Crippen LogP contribution in [0.1, 0.15) is 373 Å². The second-order valence-corrected chi connectivity index (χ2v) is 21.9. The second-order valence-electron chi connectivity index (χ2n) is 21.9. The van der Waals surface area contributed by atoms with Gasteiger partial charge in [-0.2, -0.15) is 0 Å². The Balaban J connectivity index is -0.00000132. The third-order valence-corrected chi connectivity index (χ3v) is 14.5. The van der Waals surface area contributed by atoms with Gasteiger partial charge in [-0.05, 0) is 51.4 Å². The Morgan fingerprint density at radius 2 is 0.384 bits per heavy atom. The van der Waals surface area contributed by atoms with E-state index < -0.39 is 11.9 Å². The summed E-state index contributed by atoms with van der Waals surface area (Å²) in [4.78, 5) is 44.4. The Kier molecular flexibility index (Phi) is 71.1. The summed E-state index contributed by atoms with van der Waals surface area (Å²) in [7, 11) is 0. The fourth-order valence-corrected chi connectivity index (χ4v) is 9.72. The van der Waals surface area contributed by atoms with Gasteiger partial charge >= 0.3 is 31.4 Å². The maximum absolute atomic E-state index is 11.8. The van der Waals surface area contributed by atoms with Gasteiger partial charge in [-0.25, -0.2) is 0 Å². The van der Waals surface area contributed by atoms with Gasteiger partial charge in [0.25, 0.3) is 0 Å². The van der Waals surface area contributed by atoms with Crippen molar-refractivity contribution in [2.24, 2.45) is 0 Å². The maximum Gasteiger partial charge on any atom is 2.00 e. The van der Waals surface area contributed by atoms with Gasteiger partial charge in [0.2, 0.25) is 0 Å². The van der Waals surface area contributed by atoms with E-state index in [-0.39, 0.29) is 44.3 Å². The Labute approximate surface area is 466 Å². The third-order valence-electron chi connectivity index (χ3n) is 14.5. The molecule has 0 radical (unpaired) electrons. The number of ether oxygens (including phenoxy) is 2. The number of unbranched alkanes of at least 4 members (excludes halogenated alkanes) is 48. The van der Waals surface area contributed by atoms with Crippen LogP contribution in [0.4, 0.5) is 0 Å². The fourth-order valence-electron chi connectivity index (χ4n) is 9.72. The van der Waals surface area contributed by atoms with E-state index in [0.29, 0.717) is 26.1 Å². The summed E-state index contributed by atoms with van der Waals surface area (Å²) in [5.41, 5.74) is 0. The smallest absolute Gasteiger partial charge is 0.550 e. The Hall–Kier alpha value is -1.50. The van der Waals surface area contributed by atoms with Crippen LogP contribution >= 0.6 is 0 Å². The van der Waals surface area contributed by atoms with Crippen molar-refractivity contribution in [2.45, 2.75) is 373 Å². The fraction of sp³-hybridized carbons (Fsp3) is 0.938. The molecular weight excluding hydrogens is 962 g/mol. The predicted octanol–water partition coefficient (Wildman–Crippen LogP) is 18.4. The molecule has 0 aromatic heterocycles. The van der Waals surface area contributed by atoms with Gasteiger partial charge in [-0.1, -0.05) is 309 Å². The molecule has 0 atom stereocenters. The van der Waals surface area contributed by atoms with Crippen molar-refractivity contribution in [1.82, 2.24) is 0 Å². The van der Waals surface area contributed by atoms with E-state index in [1.807, 2.05) is 0 Å². The zero-order valence-electron chi connectivity index (χ0n) is 49.0. The summed E-state index contributed by atoms with van der Waals surface area (Å²) in [6.07, 6.45) is 66.9. The molecule has 0 N–H and O–H groups in total. The molecule has 0 saturated carbocycles. The minimum Gasteiger partial charge on any atom is -0.550 e. The Morgan fingerprint density at radius 3 is 0.562 bits per heavy atom. The normalized spacial score (nSPS) is 11.0. The third kappa shape index (κ3) is 74.8. The molecule has 0 fully saturated rings. The molecule has 0 amide bonds. The molecule has 0 aliphatic heterocycles. The number of rotatable bonds is 60. The van der Waals surface area contributed by atoms with E-state index in [1.165, 1.54) is 270 Å². The SMILES string of the molecule is CCCCCCCCCCCCCC(=O)OCCCCCCCCCCCCCCCCCC(=O)[O-].CCCCCCCCCCCCCC(=O)OCCCCCCCCCCCCCCCCCC(=O)[O-].[Zn+2]. The minimum absolute atomic E-state index is 0. The molecule has 0 aliphatic carbocycles. The quantitative estimate of drug-likeness (QED) is 0.0334. The summed E-state index contributed by atoms with van der Waals surface area (Å²) in [5.74, 6) is -1.83. The molecule has 73 heavy (non-hydrogen) atoms. The number of esters is 2. The number of hydrogen-bond acceptors (Lipinski definition) is 8. The van der Waals surface area contributed by atoms with Crippen molar-refractivity contribution >= 4 is 23.9 Å².